The van der Waals surface area contributed by atoms with Gasteiger partial charge in [-0.1, -0.05) is 17.7 Å². The fourth-order valence-electron chi connectivity index (χ4n) is 4.79. The maximum Gasteiger partial charge on any atom is 0.337 e. The molecule has 0 bridgehead atoms. The minimum atomic E-state index is -0.869. The van der Waals surface area contributed by atoms with Gasteiger partial charge >= 0.3 is 5.97 Å². The molecule has 2 heterocycles. The zero-order chi connectivity index (χ0) is 21.3. The van der Waals surface area contributed by atoms with Crippen molar-refractivity contribution in [2.24, 2.45) is 0 Å². The standard InChI is InChI=1S/C22H30N2O5/c1-7-29-21(26)19-18(17-15(3)12-14(2)13-16(17)4)20(25)24(28-6)22(19)8-10-23(27-5)11-9-22/h12-13H,7-11H2,1-6H3. The molecular weight excluding hydrogens is 372 g/mol. The van der Waals surface area contributed by atoms with Gasteiger partial charge < -0.3 is 9.57 Å². The zero-order valence-electron chi connectivity index (χ0n) is 18.1. The molecule has 1 saturated heterocycles. The molecule has 7 heteroatoms. The van der Waals surface area contributed by atoms with E-state index >= 15 is 0 Å². The van der Waals surface area contributed by atoms with Crippen molar-refractivity contribution in [3.8, 4) is 0 Å². The third kappa shape index (κ3) is 3.47. The molecule has 1 aromatic carbocycles. The number of benzene rings is 1. The second-order valence-corrected chi connectivity index (χ2v) is 7.67. The molecule has 0 N–H and O–H groups in total. The zero-order valence-corrected chi connectivity index (χ0v) is 18.1. The average molecular weight is 402 g/mol. The molecule has 1 fully saturated rings. The molecule has 0 saturated carbocycles. The van der Waals surface area contributed by atoms with Crippen molar-refractivity contribution in [3.63, 3.8) is 0 Å². The van der Waals surface area contributed by atoms with Gasteiger partial charge in [0.1, 0.15) is 5.54 Å². The molecule has 0 unspecified atom stereocenters. The third-order valence-corrected chi connectivity index (χ3v) is 5.90. The van der Waals surface area contributed by atoms with Crippen LogP contribution in [0.2, 0.25) is 0 Å². The molecule has 29 heavy (non-hydrogen) atoms. The molecule has 3 rings (SSSR count). The van der Waals surface area contributed by atoms with Crippen LogP contribution in [0.4, 0.5) is 0 Å². The van der Waals surface area contributed by atoms with Crippen molar-refractivity contribution in [1.82, 2.24) is 10.1 Å². The van der Waals surface area contributed by atoms with Gasteiger partial charge in [0.15, 0.2) is 0 Å². The van der Waals surface area contributed by atoms with Gasteiger partial charge in [-0.25, -0.2) is 9.86 Å². The Morgan fingerprint density at radius 1 is 1.07 bits per heavy atom. The van der Waals surface area contributed by atoms with E-state index in [1.165, 1.54) is 12.2 Å². The highest BCUT2D eigenvalue weighted by Crippen LogP contribution is 2.48. The summed E-state index contributed by atoms with van der Waals surface area (Å²) in [4.78, 5) is 37.7. The van der Waals surface area contributed by atoms with E-state index in [2.05, 4.69) is 0 Å². The summed E-state index contributed by atoms with van der Waals surface area (Å²) in [5.74, 6) is -0.753. The first kappa shape index (κ1) is 21.5. The van der Waals surface area contributed by atoms with Crippen LogP contribution in [0.15, 0.2) is 17.7 Å². The Balaban J connectivity index is 2.26. The lowest BCUT2D eigenvalue weighted by Gasteiger charge is -2.43. The van der Waals surface area contributed by atoms with Crippen molar-refractivity contribution >= 4 is 17.4 Å². The van der Waals surface area contributed by atoms with E-state index in [1.54, 1.807) is 14.0 Å². The first-order valence-corrected chi connectivity index (χ1v) is 9.98. The van der Waals surface area contributed by atoms with Crippen LogP contribution in [0.5, 0.6) is 0 Å². The topological polar surface area (TPSA) is 68.3 Å². The maximum atomic E-state index is 13.6. The van der Waals surface area contributed by atoms with Crippen LogP contribution in [-0.2, 0) is 24.0 Å². The number of rotatable bonds is 5. The van der Waals surface area contributed by atoms with Crippen molar-refractivity contribution in [2.75, 3.05) is 33.9 Å². The van der Waals surface area contributed by atoms with E-state index in [4.69, 9.17) is 14.4 Å². The van der Waals surface area contributed by atoms with E-state index in [0.29, 0.717) is 37.1 Å². The summed E-state index contributed by atoms with van der Waals surface area (Å²) in [6, 6.07) is 4.06. The van der Waals surface area contributed by atoms with E-state index in [1.807, 2.05) is 38.0 Å². The lowest BCUT2D eigenvalue weighted by Crippen LogP contribution is -2.55. The molecule has 0 aromatic heterocycles. The van der Waals surface area contributed by atoms with Gasteiger partial charge in [0.2, 0.25) is 0 Å². The number of esters is 1. The molecule has 2 aliphatic heterocycles. The SMILES string of the molecule is CCOC(=O)C1=C(c2c(C)cc(C)cc2C)C(=O)N(OC)C12CCN(OC)CC2. The number of ether oxygens (including phenoxy) is 1. The second kappa shape index (κ2) is 8.26. The van der Waals surface area contributed by atoms with E-state index in [-0.39, 0.29) is 12.5 Å². The maximum absolute atomic E-state index is 13.6. The smallest absolute Gasteiger partial charge is 0.337 e. The molecule has 7 nitrogen and oxygen atoms in total. The Bertz CT molecular complexity index is 830. The van der Waals surface area contributed by atoms with Crippen molar-refractivity contribution < 1.29 is 24.0 Å². The monoisotopic (exact) mass is 402 g/mol. The highest BCUT2D eigenvalue weighted by molar-refractivity contribution is 6.29. The molecule has 158 valence electrons. The van der Waals surface area contributed by atoms with E-state index in [0.717, 1.165) is 22.3 Å². The van der Waals surface area contributed by atoms with Gasteiger partial charge in [-0.15, -0.1) is 0 Å². The van der Waals surface area contributed by atoms with Gasteiger partial charge in [-0.05, 0) is 57.2 Å². The van der Waals surface area contributed by atoms with Gasteiger partial charge in [0.05, 0.1) is 32.0 Å². The Hall–Kier alpha value is -2.22. The Morgan fingerprint density at radius 3 is 2.14 bits per heavy atom. The largest absolute Gasteiger partial charge is 0.463 e. The van der Waals surface area contributed by atoms with Crippen LogP contribution < -0.4 is 0 Å². The number of amides is 1. The molecular formula is C22H30N2O5. The first-order valence-electron chi connectivity index (χ1n) is 9.98. The van der Waals surface area contributed by atoms with Crippen molar-refractivity contribution in [2.45, 2.75) is 46.1 Å². The summed E-state index contributed by atoms with van der Waals surface area (Å²) in [6.45, 7) is 9.11. The lowest BCUT2D eigenvalue weighted by atomic mass is 9.79. The summed E-state index contributed by atoms with van der Waals surface area (Å²) >= 11 is 0. The molecule has 1 aromatic rings. The fourth-order valence-corrected chi connectivity index (χ4v) is 4.79. The lowest BCUT2D eigenvalue weighted by molar-refractivity contribution is -0.218. The quantitative estimate of drug-likeness (QED) is 0.706. The molecule has 1 amide bonds. The minimum Gasteiger partial charge on any atom is -0.463 e. The van der Waals surface area contributed by atoms with Gasteiger partial charge in [0.25, 0.3) is 5.91 Å². The number of piperidine rings is 1. The van der Waals surface area contributed by atoms with Crippen molar-refractivity contribution in [1.29, 1.82) is 0 Å². The molecule has 0 radical (unpaired) electrons. The van der Waals surface area contributed by atoms with Crippen molar-refractivity contribution in [3.05, 3.63) is 40.0 Å². The summed E-state index contributed by atoms with van der Waals surface area (Å²) in [6.07, 6.45) is 1.03. The predicted octanol–water partition coefficient (Wildman–Crippen LogP) is 2.73. The average Bonchev–Trinajstić information content (AvgIpc) is 2.89. The van der Waals surface area contributed by atoms with Crippen LogP contribution in [0.25, 0.3) is 5.57 Å². The van der Waals surface area contributed by atoms with Crippen LogP contribution in [0.3, 0.4) is 0 Å². The van der Waals surface area contributed by atoms with Crippen LogP contribution in [0, 0.1) is 20.8 Å². The van der Waals surface area contributed by atoms with Crippen LogP contribution in [0.1, 0.15) is 42.0 Å². The number of hydrogen-bond acceptors (Lipinski definition) is 6. The number of nitrogens with zero attached hydrogens (tertiary/aromatic N) is 2. The molecule has 2 aliphatic rings. The molecule has 0 aliphatic carbocycles. The second-order valence-electron chi connectivity index (χ2n) is 7.67. The molecule has 0 atom stereocenters. The Kier molecular flexibility index (Phi) is 6.12. The minimum absolute atomic E-state index is 0.239. The number of aryl methyl sites for hydroxylation is 3. The summed E-state index contributed by atoms with van der Waals surface area (Å²) in [5.41, 5.74) is 3.73. The number of hydrogen-bond donors (Lipinski definition) is 0. The number of hydroxylamine groups is 4. The Morgan fingerprint density at radius 2 is 1.66 bits per heavy atom. The third-order valence-electron chi connectivity index (χ3n) is 5.90. The predicted molar refractivity (Wildman–Crippen MR) is 109 cm³/mol. The number of carbonyl (C=O) groups excluding carboxylic acids is 2. The number of carbonyl (C=O) groups is 2. The summed E-state index contributed by atoms with van der Waals surface area (Å²) in [7, 11) is 3.10. The first-order chi connectivity index (χ1) is 13.8. The van der Waals surface area contributed by atoms with Crippen LogP contribution in [-0.4, -0.2) is 61.5 Å². The normalized spacial score (nSPS) is 19.4. The summed E-state index contributed by atoms with van der Waals surface area (Å²) < 4.78 is 5.43. The van der Waals surface area contributed by atoms with Gasteiger partial charge in [0, 0.05) is 13.1 Å². The molecule has 1 spiro atoms. The highest BCUT2D eigenvalue weighted by Gasteiger charge is 2.57. The Labute approximate surface area is 172 Å². The van der Waals surface area contributed by atoms with Crippen LogP contribution >= 0.6 is 0 Å². The highest BCUT2D eigenvalue weighted by atomic mass is 16.7. The van der Waals surface area contributed by atoms with E-state index < -0.39 is 11.5 Å². The fraction of sp³-hybridized carbons (Fsp3) is 0.545. The summed E-state index contributed by atoms with van der Waals surface area (Å²) in [5, 5.41) is 3.20. The van der Waals surface area contributed by atoms with Gasteiger partial charge in [-0.3, -0.25) is 9.63 Å². The van der Waals surface area contributed by atoms with E-state index in [9.17, 15) is 9.59 Å². The van der Waals surface area contributed by atoms with Gasteiger partial charge in [-0.2, -0.15) is 5.06 Å².